The minimum Gasteiger partial charge on any atom is -0.328 e. The molecule has 6 nitrogen and oxygen atoms in total. The van der Waals surface area contributed by atoms with E-state index in [9.17, 15) is 9.18 Å². The maximum absolute atomic E-state index is 13.3. The number of fused-ring (bicyclic) bond motifs is 1. The number of benzene rings is 1. The number of hydrogen-bond acceptors (Lipinski definition) is 5. The number of pyridine rings is 1. The predicted molar refractivity (Wildman–Crippen MR) is 106 cm³/mol. The Balaban J connectivity index is 1.67. The van der Waals surface area contributed by atoms with Crippen LogP contribution in [0.25, 0.3) is 11.4 Å². The molecule has 2 aliphatic rings. The lowest BCUT2D eigenvalue weighted by Crippen LogP contribution is -2.36. The molecule has 7 heteroatoms. The van der Waals surface area contributed by atoms with E-state index >= 15 is 0 Å². The fraction of sp³-hybridized carbons (Fsp3) is 0.273. The first kappa shape index (κ1) is 17.7. The van der Waals surface area contributed by atoms with Gasteiger partial charge in [0.05, 0.1) is 0 Å². The van der Waals surface area contributed by atoms with Gasteiger partial charge in [-0.05, 0) is 53.8 Å². The van der Waals surface area contributed by atoms with E-state index in [-0.39, 0.29) is 23.1 Å². The molecule has 0 fully saturated rings. The molecule has 0 saturated heterocycles. The summed E-state index contributed by atoms with van der Waals surface area (Å²) in [6.45, 7) is 4.20. The molecule has 146 valence electrons. The number of nitrogens with zero attached hydrogens (tertiary/aromatic N) is 4. The molecule has 3 aromatic rings. The van der Waals surface area contributed by atoms with Crippen molar-refractivity contribution < 1.29 is 9.18 Å². The average Bonchev–Trinajstić information content (AvgIpc) is 3.10. The van der Waals surface area contributed by atoms with Gasteiger partial charge in [-0.15, -0.1) is 5.10 Å². The van der Waals surface area contributed by atoms with Crippen molar-refractivity contribution in [2.75, 3.05) is 5.32 Å². The summed E-state index contributed by atoms with van der Waals surface area (Å²) in [5.41, 5.74) is 3.16. The average molecular weight is 389 g/mol. The van der Waals surface area contributed by atoms with Gasteiger partial charge in [0.1, 0.15) is 11.9 Å². The lowest BCUT2D eigenvalue weighted by atomic mass is 9.73. The number of carbonyl (C=O) groups excluding carboxylic acids is 1. The lowest BCUT2D eigenvalue weighted by molar-refractivity contribution is -0.118. The number of anilines is 1. The van der Waals surface area contributed by atoms with Gasteiger partial charge in [0.2, 0.25) is 5.95 Å². The first-order valence-electron chi connectivity index (χ1n) is 9.57. The maximum atomic E-state index is 13.3. The molecule has 2 aromatic heterocycles. The van der Waals surface area contributed by atoms with E-state index in [1.165, 1.54) is 12.1 Å². The van der Waals surface area contributed by atoms with Gasteiger partial charge in [-0.1, -0.05) is 13.8 Å². The van der Waals surface area contributed by atoms with E-state index in [1.54, 1.807) is 29.2 Å². The Morgan fingerprint density at radius 3 is 2.55 bits per heavy atom. The molecule has 0 radical (unpaired) electrons. The summed E-state index contributed by atoms with van der Waals surface area (Å²) in [6.07, 6.45) is 4.68. The normalized spacial score (nSPS) is 20.1. The second-order valence-corrected chi connectivity index (χ2v) is 8.35. The maximum Gasteiger partial charge on any atom is 0.226 e. The molecule has 0 saturated carbocycles. The van der Waals surface area contributed by atoms with Gasteiger partial charge in [-0.2, -0.15) is 4.98 Å². The number of rotatable bonds is 2. The van der Waals surface area contributed by atoms with Crippen molar-refractivity contribution in [1.82, 2.24) is 19.7 Å². The van der Waals surface area contributed by atoms with Crippen LogP contribution in [0.15, 0.2) is 60.1 Å². The van der Waals surface area contributed by atoms with Crippen molar-refractivity contribution in [2.45, 2.75) is 32.7 Å². The van der Waals surface area contributed by atoms with Crippen molar-refractivity contribution >= 4 is 11.7 Å². The van der Waals surface area contributed by atoms with E-state index in [2.05, 4.69) is 34.2 Å². The van der Waals surface area contributed by atoms with Crippen LogP contribution in [-0.2, 0) is 4.79 Å². The molecule has 3 heterocycles. The van der Waals surface area contributed by atoms with Crippen LogP contribution in [-0.4, -0.2) is 25.5 Å². The summed E-state index contributed by atoms with van der Waals surface area (Å²) < 4.78 is 15.1. The Morgan fingerprint density at radius 1 is 1.10 bits per heavy atom. The SMILES string of the molecule is CC1(C)CC(=O)C2=C(C1)Nc1nc(-c3ccc(F)cc3)nn1C2c1ccncc1. The standard InChI is InChI=1S/C22H20FN5O/c1-22(2)11-16-18(17(29)12-22)19(13-7-9-24-10-8-13)28-21(25-16)26-20(27-28)14-3-5-15(23)6-4-14/h3-10,19H,11-12H2,1-2H3,(H,25,26,27). The summed E-state index contributed by atoms with van der Waals surface area (Å²) in [6, 6.07) is 9.51. The summed E-state index contributed by atoms with van der Waals surface area (Å²) in [5.74, 6) is 0.874. The first-order valence-corrected chi connectivity index (χ1v) is 9.57. The minimum atomic E-state index is -0.366. The quantitative estimate of drug-likeness (QED) is 0.713. The Kier molecular flexibility index (Phi) is 3.87. The molecule has 0 amide bonds. The van der Waals surface area contributed by atoms with Gasteiger partial charge in [-0.25, -0.2) is 9.07 Å². The number of nitrogens with one attached hydrogen (secondary N) is 1. The molecule has 5 rings (SSSR count). The van der Waals surface area contributed by atoms with Gasteiger partial charge >= 0.3 is 0 Å². The van der Waals surface area contributed by atoms with Crippen molar-refractivity contribution in [3.8, 4) is 11.4 Å². The number of carbonyl (C=O) groups is 1. The summed E-state index contributed by atoms with van der Waals surface area (Å²) in [4.78, 5) is 21.9. The van der Waals surface area contributed by atoms with E-state index in [1.807, 2.05) is 12.1 Å². The molecule has 1 aliphatic carbocycles. The van der Waals surface area contributed by atoms with E-state index in [4.69, 9.17) is 0 Å². The Hall–Kier alpha value is -3.35. The molecule has 0 spiro atoms. The lowest BCUT2D eigenvalue weighted by Gasteiger charge is -2.38. The highest BCUT2D eigenvalue weighted by molar-refractivity contribution is 6.00. The third kappa shape index (κ3) is 3.03. The zero-order chi connectivity index (χ0) is 20.2. The zero-order valence-electron chi connectivity index (χ0n) is 16.2. The van der Waals surface area contributed by atoms with Gasteiger partial charge in [-0.3, -0.25) is 9.78 Å². The fourth-order valence-electron chi connectivity index (χ4n) is 4.18. The number of aromatic nitrogens is 4. The van der Waals surface area contributed by atoms with Gasteiger partial charge < -0.3 is 5.32 Å². The molecule has 1 N–H and O–H groups in total. The largest absolute Gasteiger partial charge is 0.328 e. The number of hydrogen-bond donors (Lipinski definition) is 1. The molecule has 1 aromatic carbocycles. The van der Waals surface area contributed by atoms with Crippen LogP contribution in [0.5, 0.6) is 0 Å². The van der Waals surface area contributed by atoms with Crippen LogP contribution in [0.4, 0.5) is 10.3 Å². The number of Topliss-reactive ketones (excluding diaryl/α,β-unsaturated/α-hetero) is 1. The molecular formula is C22H20FN5O. The van der Waals surface area contributed by atoms with E-state index in [0.717, 1.165) is 23.3 Å². The smallest absolute Gasteiger partial charge is 0.226 e. The summed E-state index contributed by atoms with van der Waals surface area (Å²) >= 11 is 0. The molecule has 1 unspecified atom stereocenters. The monoisotopic (exact) mass is 389 g/mol. The molecule has 1 aliphatic heterocycles. The van der Waals surface area contributed by atoms with E-state index < -0.39 is 0 Å². The van der Waals surface area contributed by atoms with Crippen LogP contribution < -0.4 is 5.32 Å². The summed E-state index contributed by atoms with van der Waals surface area (Å²) in [5, 5.41) is 8.03. The highest BCUT2D eigenvalue weighted by atomic mass is 19.1. The van der Waals surface area contributed by atoms with Gasteiger partial charge in [0.15, 0.2) is 11.6 Å². The van der Waals surface area contributed by atoms with Crippen LogP contribution in [0.2, 0.25) is 0 Å². The second-order valence-electron chi connectivity index (χ2n) is 8.35. The van der Waals surface area contributed by atoms with Gasteiger partial charge in [0.25, 0.3) is 0 Å². The van der Waals surface area contributed by atoms with Crippen LogP contribution in [0.3, 0.4) is 0 Å². The van der Waals surface area contributed by atoms with Gasteiger partial charge in [0, 0.05) is 35.6 Å². The van der Waals surface area contributed by atoms with Crippen molar-refractivity contribution in [3.63, 3.8) is 0 Å². The fourth-order valence-corrected chi connectivity index (χ4v) is 4.18. The summed E-state index contributed by atoms with van der Waals surface area (Å²) in [7, 11) is 0. The van der Waals surface area contributed by atoms with Crippen LogP contribution in [0.1, 0.15) is 38.3 Å². The van der Waals surface area contributed by atoms with Crippen molar-refractivity contribution in [3.05, 3.63) is 71.4 Å². The first-order chi connectivity index (χ1) is 13.9. The molecular weight excluding hydrogens is 369 g/mol. The zero-order valence-corrected chi connectivity index (χ0v) is 16.2. The van der Waals surface area contributed by atoms with E-state index in [0.29, 0.717) is 23.8 Å². The minimum absolute atomic E-state index is 0.117. The van der Waals surface area contributed by atoms with Crippen molar-refractivity contribution in [1.29, 1.82) is 0 Å². The second kappa shape index (κ2) is 6.34. The third-order valence-electron chi connectivity index (χ3n) is 5.46. The molecule has 0 bridgehead atoms. The van der Waals surface area contributed by atoms with Crippen LogP contribution >= 0.6 is 0 Å². The molecule has 1 atom stereocenters. The Labute approximate surface area is 167 Å². The molecule has 29 heavy (non-hydrogen) atoms. The number of ketones is 1. The third-order valence-corrected chi connectivity index (χ3v) is 5.46. The number of allylic oxidation sites excluding steroid dienone is 2. The Bertz CT molecular complexity index is 1130. The predicted octanol–water partition coefficient (Wildman–Crippen LogP) is 4.14. The highest BCUT2D eigenvalue weighted by Gasteiger charge is 2.41. The topological polar surface area (TPSA) is 72.7 Å². The Morgan fingerprint density at radius 2 is 1.83 bits per heavy atom. The highest BCUT2D eigenvalue weighted by Crippen LogP contribution is 2.45. The van der Waals surface area contributed by atoms with Crippen molar-refractivity contribution in [2.24, 2.45) is 5.41 Å². The van der Waals surface area contributed by atoms with Crippen LogP contribution in [0, 0.1) is 11.2 Å². The number of halogens is 1.